The van der Waals surface area contributed by atoms with Crippen LogP contribution in [-0.2, 0) is 18.9 Å². The number of allylic oxidation sites excluding steroid dienone is 7. The minimum atomic E-state index is -0.0979. The molecule has 0 fully saturated rings. The van der Waals surface area contributed by atoms with Crippen molar-refractivity contribution in [2.24, 2.45) is 13.0 Å². The highest BCUT2D eigenvalue weighted by Gasteiger charge is 2.28. The molecule has 2 unspecified atom stereocenters. The third-order valence-electron chi connectivity index (χ3n) is 11.2. The molecule has 7 aromatic rings. The lowest BCUT2D eigenvalue weighted by molar-refractivity contribution is 0.596. The van der Waals surface area contributed by atoms with Gasteiger partial charge in [0.1, 0.15) is 0 Å². The number of hydrogen-bond acceptors (Lipinski definition) is 1. The van der Waals surface area contributed by atoms with Gasteiger partial charge in [-0.2, -0.15) is 0 Å². The first-order valence-corrected chi connectivity index (χ1v) is 19.1. The third kappa shape index (κ3) is 6.78. The van der Waals surface area contributed by atoms with Crippen LogP contribution in [0.15, 0.2) is 182 Å². The molecule has 2 aliphatic rings. The molecule has 0 spiro atoms. The molecule has 2 atom stereocenters. The van der Waals surface area contributed by atoms with Crippen LogP contribution in [0.25, 0.3) is 38.2 Å². The number of nitrogens with zero attached hydrogens (tertiary/aromatic N) is 2. The fourth-order valence-corrected chi connectivity index (χ4v) is 7.91. The molecule has 9 rings (SSSR count). The van der Waals surface area contributed by atoms with Crippen LogP contribution in [0.5, 0.6) is 0 Å². The van der Waals surface area contributed by atoms with E-state index in [4.69, 9.17) is 0 Å². The third-order valence-corrected chi connectivity index (χ3v) is 11.2. The van der Waals surface area contributed by atoms with Crippen LogP contribution in [-0.4, -0.2) is 4.57 Å². The Morgan fingerprint density at radius 3 is 2.09 bits per heavy atom. The van der Waals surface area contributed by atoms with Crippen molar-refractivity contribution >= 4 is 49.5 Å². The zero-order chi connectivity index (χ0) is 36.4. The molecule has 0 bridgehead atoms. The van der Waals surface area contributed by atoms with Gasteiger partial charge in [-0.05, 0) is 101 Å². The van der Waals surface area contributed by atoms with E-state index in [0.717, 1.165) is 19.3 Å². The number of fused-ring (bicyclic) bond motifs is 5. The van der Waals surface area contributed by atoms with Gasteiger partial charge in [-0.15, -0.1) is 0 Å². The summed E-state index contributed by atoms with van der Waals surface area (Å²) in [5, 5.41) is 5.27. The van der Waals surface area contributed by atoms with E-state index in [0.29, 0.717) is 5.92 Å². The highest BCUT2D eigenvalue weighted by molar-refractivity contribution is 6.20. The zero-order valence-corrected chi connectivity index (χ0v) is 31.3. The number of aromatic nitrogens is 1. The molecule has 262 valence electrons. The van der Waals surface area contributed by atoms with Crippen molar-refractivity contribution in [2.45, 2.75) is 45.4 Å². The molecule has 0 saturated carbocycles. The Bertz CT molecular complexity index is 2510. The van der Waals surface area contributed by atoms with Crippen LogP contribution in [0.1, 0.15) is 50.3 Å². The first kappa shape index (κ1) is 34.2. The molecule has 0 amide bonds. The molecule has 2 aliphatic carbocycles. The monoisotopic (exact) mass is 688 g/mol. The van der Waals surface area contributed by atoms with Crippen LogP contribution >= 0.6 is 0 Å². The van der Waals surface area contributed by atoms with Gasteiger partial charge in [-0.25, -0.2) is 0 Å². The molecule has 53 heavy (non-hydrogen) atoms. The maximum atomic E-state index is 2.41. The lowest BCUT2D eigenvalue weighted by Gasteiger charge is -2.33. The van der Waals surface area contributed by atoms with Crippen molar-refractivity contribution in [3.63, 3.8) is 0 Å². The fourth-order valence-electron chi connectivity index (χ4n) is 7.91. The number of hydrogen-bond donors (Lipinski definition) is 0. The molecule has 2 heteroatoms. The molecule has 2 nitrogen and oxygen atoms in total. The normalized spacial score (nSPS) is 18.1. The van der Waals surface area contributed by atoms with Crippen LogP contribution in [0.2, 0.25) is 0 Å². The first-order chi connectivity index (χ1) is 25.9. The van der Waals surface area contributed by atoms with E-state index in [1.807, 2.05) is 6.07 Å². The lowest BCUT2D eigenvalue weighted by Crippen LogP contribution is -2.24. The number of anilines is 2. The van der Waals surface area contributed by atoms with Gasteiger partial charge in [0, 0.05) is 51.3 Å². The quantitative estimate of drug-likeness (QED) is 0.169. The smallest absolute Gasteiger partial charge is 0.0495 e. The Labute approximate surface area is 314 Å². The summed E-state index contributed by atoms with van der Waals surface area (Å²) in [6, 6.07) is 50.5. The van der Waals surface area contributed by atoms with E-state index >= 15 is 0 Å². The number of benzene rings is 6. The summed E-state index contributed by atoms with van der Waals surface area (Å²) >= 11 is 0. The van der Waals surface area contributed by atoms with Crippen molar-refractivity contribution in [1.82, 2.24) is 4.57 Å². The topological polar surface area (TPSA) is 8.17 Å². The molecule has 1 heterocycles. The van der Waals surface area contributed by atoms with Crippen molar-refractivity contribution in [1.29, 1.82) is 0 Å². The summed E-state index contributed by atoms with van der Waals surface area (Å²) in [6.07, 6.45) is 17.2. The van der Waals surface area contributed by atoms with Gasteiger partial charge in [0.05, 0.1) is 0 Å². The zero-order valence-electron chi connectivity index (χ0n) is 31.3. The van der Waals surface area contributed by atoms with Gasteiger partial charge >= 0.3 is 0 Å². The van der Waals surface area contributed by atoms with Crippen molar-refractivity contribution in [3.05, 3.63) is 198 Å². The Morgan fingerprint density at radius 2 is 1.42 bits per heavy atom. The minimum absolute atomic E-state index is 0.0979. The molecule has 0 N–H and O–H groups in total. The minimum Gasteiger partial charge on any atom is -0.344 e. The lowest BCUT2D eigenvalue weighted by atomic mass is 9.76. The molecule has 0 radical (unpaired) electrons. The van der Waals surface area contributed by atoms with E-state index in [1.54, 1.807) is 0 Å². The fraction of sp³-hybridized carbons (Fsp3) is 0.176. The van der Waals surface area contributed by atoms with Crippen LogP contribution in [0.4, 0.5) is 11.4 Å². The summed E-state index contributed by atoms with van der Waals surface area (Å²) in [5.41, 5.74) is 11.3. The molecule has 1 aromatic heterocycles. The largest absolute Gasteiger partial charge is 0.344 e. The second-order valence-electron chi connectivity index (χ2n) is 14.8. The predicted octanol–water partition coefficient (Wildman–Crippen LogP) is 13.7. The Hall–Kier alpha value is -5.86. The van der Waals surface area contributed by atoms with Gasteiger partial charge in [0.25, 0.3) is 0 Å². The van der Waals surface area contributed by atoms with E-state index in [-0.39, 0.29) is 5.41 Å². The van der Waals surface area contributed by atoms with E-state index in [1.165, 1.54) is 71.9 Å². The highest BCUT2D eigenvalue weighted by atomic mass is 15.1. The van der Waals surface area contributed by atoms with Crippen molar-refractivity contribution < 1.29 is 0 Å². The highest BCUT2D eigenvalue weighted by Crippen LogP contribution is 2.41. The Balaban J connectivity index is 0.000000445. The van der Waals surface area contributed by atoms with E-state index in [2.05, 4.69) is 207 Å². The number of para-hydroxylation sites is 1. The molecular formula is C51H48N2. The van der Waals surface area contributed by atoms with Crippen LogP contribution < -0.4 is 4.90 Å². The van der Waals surface area contributed by atoms with Gasteiger partial charge in [-0.3, -0.25) is 0 Å². The Kier molecular flexibility index (Phi) is 9.46. The SMILES string of the molecule is CC1C=CC(c2ccc(N(C3=CCC(C)(c4ccc5c6c7ccccc7ccc6n(C)c5c4)C=C3)c3ccccc3)cc2)=CC1.CCc1ccccc1. The van der Waals surface area contributed by atoms with Crippen LogP contribution in [0, 0.1) is 5.92 Å². The summed E-state index contributed by atoms with van der Waals surface area (Å²) in [5.74, 6) is 0.617. The number of rotatable bonds is 6. The van der Waals surface area contributed by atoms with Crippen molar-refractivity contribution in [2.75, 3.05) is 4.90 Å². The maximum absolute atomic E-state index is 2.41. The van der Waals surface area contributed by atoms with Gasteiger partial charge in [0.15, 0.2) is 0 Å². The van der Waals surface area contributed by atoms with Gasteiger partial charge in [0.2, 0.25) is 0 Å². The number of aryl methyl sites for hydroxylation is 2. The first-order valence-electron chi connectivity index (χ1n) is 19.1. The van der Waals surface area contributed by atoms with Gasteiger partial charge < -0.3 is 9.47 Å². The standard InChI is InChI=1S/C43H38N2.C8H10/c1-30-13-15-31(16-14-30)32-17-21-36(22-18-32)45(35-10-5-4-6-11-35)37-25-27-43(2,28-26-37)34-20-23-39-41(29-34)44(3)40-24-19-33-9-7-8-12-38(33)42(39)40;1-2-8-6-4-3-5-7-8/h4-13,15-27,29-30H,14,28H2,1-3H3;3-7H,2H2,1H3. The van der Waals surface area contributed by atoms with E-state index < -0.39 is 0 Å². The summed E-state index contributed by atoms with van der Waals surface area (Å²) in [6.45, 7) is 6.80. The predicted molar refractivity (Wildman–Crippen MR) is 229 cm³/mol. The average Bonchev–Trinajstić information content (AvgIpc) is 3.51. The Morgan fingerprint density at radius 1 is 0.698 bits per heavy atom. The van der Waals surface area contributed by atoms with Crippen LogP contribution in [0.3, 0.4) is 0 Å². The second kappa shape index (κ2) is 14.6. The second-order valence-corrected chi connectivity index (χ2v) is 14.8. The molecule has 0 saturated heterocycles. The average molecular weight is 689 g/mol. The molecule has 6 aromatic carbocycles. The molecular weight excluding hydrogens is 641 g/mol. The summed E-state index contributed by atoms with van der Waals surface area (Å²) in [7, 11) is 2.20. The summed E-state index contributed by atoms with van der Waals surface area (Å²) in [4.78, 5) is 2.38. The van der Waals surface area contributed by atoms with Crippen molar-refractivity contribution in [3.8, 4) is 0 Å². The molecule has 0 aliphatic heterocycles. The maximum Gasteiger partial charge on any atom is 0.0495 e. The van der Waals surface area contributed by atoms with Gasteiger partial charge in [-0.1, -0.05) is 154 Å². The summed E-state index contributed by atoms with van der Waals surface area (Å²) < 4.78 is 2.36. The van der Waals surface area contributed by atoms with E-state index in [9.17, 15) is 0 Å².